The molecule has 0 aliphatic carbocycles. The molecule has 8 heteroatoms. The highest BCUT2D eigenvalue weighted by Gasteiger charge is 2.26. The lowest BCUT2D eigenvalue weighted by Crippen LogP contribution is -2.46. The number of carboxylic acid groups (broad SMARTS) is 1. The number of nitrogens with one attached hydrogen (secondary N) is 1. The molecule has 2 N–H and O–H groups in total. The summed E-state index contributed by atoms with van der Waals surface area (Å²) in [5.74, 6) is -2.24. The summed E-state index contributed by atoms with van der Waals surface area (Å²) in [6, 6.07) is -1.19. The normalized spacial score (nSPS) is 12.8. The molecule has 0 saturated heterocycles. The van der Waals surface area contributed by atoms with E-state index in [1.165, 1.54) is 0 Å². The zero-order valence-electron chi connectivity index (χ0n) is 12.9. The van der Waals surface area contributed by atoms with Gasteiger partial charge in [0.15, 0.2) is 0 Å². The number of carbonyl (C=O) groups is 3. The Morgan fingerprint density at radius 1 is 1.32 bits per heavy atom. The number of hydrogen-bond acceptors (Lipinski definition) is 4. The Hall–Kier alpha value is -2.05. The molecule has 0 heterocycles. The van der Waals surface area contributed by atoms with E-state index in [4.69, 9.17) is 15.4 Å². The SMILES string of the molecule is CCCC[C@H](OCC)C(=O)N[C@@H](CCC(=O)C=[N+]=[N-])C(=O)O. The number of ketones is 1. The molecule has 0 aromatic heterocycles. The molecule has 124 valence electrons. The van der Waals surface area contributed by atoms with Gasteiger partial charge in [0.25, 0.3) is 0 Å². The fourth-order valence-electron chi connectivity index (χ4n) is 1.82. The maximum atomic E-state index is 12.1. The molecule has 0 aromatic rings. The Labute approximate surface area is 129 Å². The minimum atomic E-state index is -1.23. The lowest BCUT2D eigenvalue weighted by Gasteiger charge is -2.20. The van der Waals surface area contributed by atoms with Crippen molar-refractivity contribution >= 4 is 23.9 Å². The molecule has 0 spiro atoms. The molecule has 0 rings (SSSR count). The molecule has 1 amide bonds. The third kappa shape index (κ3) is 8.28. The van der Waals surface area contributed by atoms with Crippen LogP contribution in [0.2, 0.25) is 0 Å². The van der Waals surface area contributed by atoms with Gasteiger partial charge in [0.2, 0.25) is 11.7 Å². The van der Waals surface area contributed by atoms with Crippen molar-refractivity contribution in [2.45, 2.75) is 58.1 Å². The van der Waals surface area contributed by atoms with Crippen LogP contribution in [0.4, 0.5) is 0 Å². The second-order valence-electron chi connectivity index (χ2n) is 4.74. The first-order valence-corrected chi connectivity index (χ1v) is 7.31. The van der Waals surface area contributed by atoms with Crippen molar-refractivity contribution in [2.24, 2.45) is 0 Å². The quantitative estimate of drug-likeness (QED) is 0.313. The third-order valence-corrected chi connectivity index (χ3v) is 2.98. The predicted octanol–water partition coefficient (Wildman–Crippen LogP) is 0.801. The summed E-state index contributed by atoms with van der Waals surface area (Å²) < 4.78 is 5.32. The van der Waals surface area contributed by atoms with Gasteiger partial charge in [-0.1, -0.05) is 19.8 Å². The standard InChI is InChI=1S/C14H23N3O5/c1-3-5-6-12(22-4-2)13(19)17-11(14(20)21)8-7-10(18)9-16-15/h9,11-12H,3-8H2,1-2H3,(H,17,19)(H,20,21)/t11-,12-/m0/s1. The number of nitrogens with zero attached hydrogens (tertiary/aromatic N) is 2. The average Bonchev–Trinajstić information content (AvgIpc) is 2.47. The molecule has 22 heavy (non-hydrogen) atoms. The van der Waals surface area contributed by atoms with Crippen molar-refractivity contribution < 1.29 is 29.0 Å². The van der Waals surface area contributed by atoms with Gasteiger partial charge in [-0.15, -0.1) is 0 Å². The number of unbranched alkanes of at least 4 members (excludes halogenated alkanes) is 1. The molecular weight excluding hydrogens is 290 g/mol. The number of carboxylic acids is 1. The first kappa shape index (κ1) is 19.9. The van der Waals surface area contributed by atoms with E-state index >= 15 is 0 Å². The summed E-state index contributed by atoms with van der Waals surface area (Å²) in [7, 11) is 0. The van der Waals surface area contributed by atoms with Gasteiger partial charge in [-0.25, -0.2) is 4.79 Å². The summed E-state index contributed by atoms with van der Waals surface area (Å²) in [4.78, 5) is 37.0. The summed E-state index contributed by atoms with van der Waals surface area (Å²) >= 11 is 0. The highest BCUT2D eigenvalue weighted by molar-refractivity contribution is 6.25. The third-order valence-electron chi connectivity index (χ3n) is 2.98. The largest absolute Gasteiger partial charge is 0.480 e. The smallest absolute Gasteiger partial charge is 0.326 e. The van der Waals surface area contributed by atoms with Crippen molar-refractivity contribution in [1.82, 2.24) is 5.32 Å². The molecule has 0 fully saturated rings. The van der Waals surface area contributed by atoms with E-state index < -0.39 is 29.8 Å². The molecule has 0 saturated carbocycles. The first-order valence-electron chi connectivity index (χ1n) is 7.31. The van der Waals surface area contributed by atoms with Crippen molar-refractivity contribution in [1.29, 1.82) is 0 Å². The molecule has 0 bridgehead atoms. The van der Waals surface area contributed by atoms with Gasteiger partial charge in [-0.2, -0.15) is 4.79 Å². The number of carbonyl (C=O) groups excluding carboxylic acids is 2. The molecule has 0 aliphatic heterocycles. The zero-order chi connectivity index (χ0) is 17.0. The van der Waals surface area contributed by atoms with E-state index in [0.29, 0.717) is 19.2 Å². The maximum absolute atomic E-state index is 12.1. The van der Waals surface area contributed by atoms with Crippen LogP contribution in [0.5, 0.6) is 0 Å². The van der Waals surface area contributed by atoms with Crippen LogP contribution in [0.3, 0.4) is 0 Å². The van der Waals surface area contributed by atoms with Gasteiger partial charge >= 0.3 is 12.2 Å². The minimum absolute atomic E-state index is 0.0848. The van der Waals surface area contributed by atoms with Gasteiger partial charge in [-0.05, 0) is 19.8 Å². The molecule has 0 radical (unpaired) electrons. The summed E-state index contributed by atoms with van der Waals surface area (Å²) in [5, 5.41) is 11.5. The van der Waals surface area contributed by atoms with Gasteiger partial charge in [-0.3, -0.25) is 9.59 Å². The topological polar surface area (TPSA) is 129 Å². The molecule has 8 nitrogen and oxygen atoms in total. The number of Topliss-reactive ketones (excluding diaryl/α,β-unsaturated/α-hetero) is 1. The molecule has 2 atom stereocenters. The average molecular weight is 313 g/mol. The minimum Gasteiger partial charge on any atom is -0.480 e. The second kappa shape index (κ2) is 11.6. The lowest BCUT2D eigenvalue weighted by molar-refractivity contribution is -0.144. The van der Waals surface area contributed by atoms with E-state index in [9.17, 15) is 14.4 Å². The Morgan fingerprint density at radius 2 is 2.00 bits per heavy atom. The maximum Gasteiger partial charge on any atom is 0.326 e. The number of hydrogen-bond donors (Lipinski definition) is 2. The van der Waals surface area contributed by atoms with Gasteiger partial charge < -0.3 is 20.7 Å². The number of amides is 1. The lowest BCUT2D eigenvalue weighted by atomic mass is 10.1. The Bertz CT molecular complexity index is 432. The molecular formula is C14H23N3O5. The van der Waals surface area contributed by atoms with Crippen LogP contribution in [-0.4, -0.2) is 52.5 Å². The van der Waals surface area contributed by atoms with E-state index in [1.807, 2.05) is 6.92 Å². The summed E-state index contributed by atoms with van der Waals surface area (Å²) in [5.41, 5.74) is 8.22. The number of rotatable bonds is 12. The number of ether oxygens (including phenoxy) is 1. The van der Waals surface area contributed by atoms with E-state index in [2.05, 4.69) is 10.1 Å². The van der Waals surface area contributed by atoms with Crippen LogP contribution in [0.25, 0.3) is 5.53 Å². The van der Waals surface area contributed by atoms with Crippen molar-refractivity contribution in [3.05, 3.63) is 5.53 Å². The number of aliphatic carboxylic acids is 1. The fraction of sp³-hybridized carbons (Fsp3) is 0.714. The predicted molar refractivity (Wildman–Crippen MR) is 78.4 cm³/mol. The van der Waals surface area contributed by atoms with Crippen LogP contribution in [0.15, 0.2) is 0 Å². The molecule has 0 aromatic carbocycles. The van der Waals surface area contributed by atoms with Crippen molar-refractivity contribution in [3.63, 3.8) is 0 Å². The summed E-state index contributed by atoms with van der Waals surface area (Å²) in [6.45, 7) is 4.09. The Balaban J connectivity index is 4.62. The summed E-state index contributed by atoms with van der Waals surface area (Å²) in [6.07, 6.45) is 1.98. The van der Waals surface area contributed by atoms with Crippen LogP contribution in [0.1, 0.15) is 46.0 Å². The highest BCUT2D eigenvalue weighted by atomic mass is 16.5. The zero-order valence-corrected chi connectivity index (χ0v) is 12.9. The van der Waals surface area contributed by atoms with Crippen LogP contribution < -0.4 is 5.32 Å². The second-order valence-corrected chi connectivity index (χ2v) is 4.74. The monoisotopic (exact) mass is 313 g/mol. The molecule has 0 unspecified atom stereocenters. The molecule has 0 aliphatic rings. The van der Waals surface area contributed by atoms with Gasteiger partial charge in [0.1, 0.15) is 12.1 Å². The van der Waals surface area contributed by atoms with Crippen LogP contribution in [-0.2, 0) is 19.1 Å². The first-order chi connectivity index (χ1) is 10.5. The van der Waals surface area contributed by atoms with E-state index in [-0.39, 0.29) is 12.8 Å². The van der Waals surface area contributed by atoms with Crippen molar-refractivity contribution in [3.8, 4) is 0 Å². The van der Waals surface area contributed by atoms with Crippen LogP contribution in [0, 0.1) is 0 Å². The fourth-order valence-corrected chi connectivity index (χ4v) is 1.82. The van der Waals surface area contributed by atoms with Gasteiger partial charge in [0, 0.05) is 13.0 Å². The Morgan fingerprint density at radius 3 is 2.50 bits per heavy atom. The highest BCUT2D eigenvalue weighted by Crippen LogP contribution is 2.07. The van der Waals surface area contributed by atoms with Crippen LogP contribution >= 0.6 is 0 Å². The van der Waals surface area contributed by atoms with E-state index in [0.717, 1.165) is 12.8 Å². The van der Waals surface area contributed by atoms with Crippen molar-refractivity contribution in [2.75, 3.05) is 6.61 Å². The van der Waals surface area contributed by atoms with Gasteiger partial charge in [0.05, 0.1) is 0 Å². The van der Waals surface area contributed by atoms with E-state index in [1.54, 1.807) is 6.92 Å². The Kier molecular flexibility index (Phi) is 10.5.